The first-order chi connectivity index (χ1) is 11.0. The van der Waals surface area contributed by atoms with E-state index in [0.29, 0.717) is 0 Å². The van der Waals surface area contributed by atoms with Crippen LogP contribution >= 0.6 is 0 Å². The molecule has 0 atom stereocenters. The Morgan fingerprint density at radius 3 is 2.61 bits per heavy atom. The van der Waals surface area contributed by atoms with Crippen LogP contribution in [0.1, 0.15) is 45.9 Å². The van der Waals surface area contributed by atoms with E-state index < -0.39 is 0 Å². The fourth-order valence-corrected chi connectivity index (χ4v) is 3.25. The van der Waals surface area contributed by atoms with Crippen LogP contribution in [0.25, 0.3) is 5.65 Å². The molecule has 0 amide bonds. The molecule has 1 aliphatic carbocycles. The molecule has 1 saturated carbocycles. The molecule has 1 saturated heterocycles. The van der Waals surface area contributed by atoms with Gasteiger partial charge in [0.2, 0.25) is 0 Å². The number of fused-ring (bicyclic) bond motifs is 1. The number of hydrogen-bond donors (Lipinski definition) is 1. The second kappa shape index (κ2) is 5.44. The van der Waals surface area contributed by atoms with Gasteiger partial charge < -0.3 is 10.2 Å². The summed E-state index contributed by atoms with van der Waals surface area (Å²) in [6.45, 7) is 9.75. The number of anilines is 1. The minimum absolute atomic E-state index is 0.0603. The third-order valence-corrected chi connectivity index (χ3v) is 5.00. The standard InChI is InChI=1S/C17H26N6/c1-17(2,3)16-20-19-14-7-8-15(21-23(14)16)22-10-12(11-22)9-18-13-5-4-6-13/h7-8,12-13,18H,4-6,9-11H2,1-3H3. The molecule has 3 heterocycles. The summed E-state index contributed by atoms with van der Waals surface area (Å²) < 4.78 is 1.90. The number of nitrogens with zero attached hydrogens (tertiary/aromatic N) is 5. The average molecular weight is 314 g/mol. The zero-order valence-electron chi connectivity index (χ0n) is 14.3. The van der Waals surface area contributed by atoms with Gasteiger partial charge in [-0.05, 0) is 25.0 Å². The third-order valence-electron chi connectivity index (χ3n) is 5.00. The highest BCUT2D eigenvalue weighted by atomic mass is 15.4. The fourth-order valence-electron chi connectivity index (χ4n) is 3.25. The summed E-state index contributed by atoms with van der Waals surface area (Å²) in [6, 6.07) is 4.86. The van der Waals surface area contributed by atoms with E-state index in [1.165, 1.54) is 19.3 Å². The molecule has 2 fully saturated rings. The van der Waals surface area contributed by atoms with Gasteiger partial charge in [0.1, 0.15) is 5.82 Å². The van der Waals surface area contributed by atoms with Crippen LogP contribution < -0.4 is 10.2 Å². The molecule has 1 N–H and O–H groups in total. The van der Waals surface area contributed by atoms with Crippen molar-refractivity contribution in [3.63, 3.8) is 0 Å². The number of hydrogen-bond acceptors (Lipinski definition) is 5. The lowest BCUT2D eigenvalue weighted by molar-refractivity contribution is 0.294. The summed E-state index contributed by atoms with van der Waals surface area (Å²) >= 11 is 0. The highest BCUT2D eigenvalue weighted by molar-refractivity contribution is 5.47. The van der Waals surface area contributed by atoms with E-state index in [9.17, 15) is 0 Å². The maximum atomic E-state index is 4.78. The van der Waals surface area contributed by atoms with Crippen LogP contribution in [-0.2, 0) is 5.41 Å². The molecule has 0 spiro atoms. The Morgan fingerprint density at radius 2 is 1.96 bits per heavy atom. The molecule has 6 heteroatoms. The van der Waals surface area contributed by atoms with Gasteiger partial charge in [0.25, 0.3) is 0 Å². The van der Waals surface area contributed by atoms with Gasteiger partial charge in [0.15, 0.2) is 11.5 Å². The van der Waals surface area contributed by atoms with Gasteiger partial charge in [-0.1, -0.05) is 27.2 Å². The molecule has 23 heavy (non-hydrogen) atoms. The Balaban J connectivity index is 1.43. The molecule has 0 radical (unpaired) electrons. The molecule has 6 nitrogen and oxygen atoms in total. The van der Waals surface area contributed by atoms with Gasteiger partial charge >= 0.3 is 0 Å². The fraction of sp³-hybridized carbons (Fsp3) is 0.706. The lowest BCUT2D eigenvalue weighted by Gasteiger charge is -2.41. The first-order valence-electron chi connectivity index (χ1n) is 8.72. The molecule has 0 unspecified atom stereocenters. The summed E-state index contributed by atoms with van der Waals surface area (Å²) in [4.78, 5) is 2.35. The molecular formula is C17H26N6. The Bertz CT molecular complexity index is 691. The van der Waals surface area contributed by atoms with Crippen LogP contribution in [0, 0.1) is 5.92 Å². The molecule has 2 aromatic rings. The first kappa shape index (κ1) is 14.9. The maximum Gasteiger partial charge on any atom is 0.178 e. The molecule has 4 rings (SSSR count). The van der Waals surface area contributed by atoms with Crippen molar-refractivity contribution in [1.29, 1.82) is 0 Å². The topological polar surface area (TPSA) is 58.4 Å². The SMILES string of the molecule is CC(C)(C)c1nnc2ccc(N3CC(CNC4CCC4)C3)nn12. The minimum atomic E-state index is -0.0603. The number of aromatic nitrogens is 4. The van der Waals surface area contributed by atoms with E-state index in [4.69, 9.17) is 5.10 Å². The van der Waals surface area contributed by atoms with Gasteiger partial charge in [-0.25, -0.2) is 0 Å². The second-order valence-electron chi connectivity index (χ2n) is 8.04. The largest absolute Gasteiger partial charge is 0.354 e. The van der Waals surface area contributed by atoms with Crippen LogP contribution in [0.4, 0.5) is 5.82 Å². The van der Waals surface area contributed by atoms with Crippen molar-refractivity contribution < 1.29 is 0 Å². The quantitative estimate of drug-likeness (QED) is 0.935. The third kappa shape index (κ3) is 2.80. The predicted octanol–water partition coefficient (Wildman–Crippen LogP) is 2.00. The van der Waals surface area contributed by atoms with Crippen molar-refractivity contribution in [3.8, 4) is 0 Å². The summed E-state index contributed by atoms with van der Waals surface area (Å²) in [5.41, 5.74) is 0.761. The van der Waals surface area contributed by atoms with E-state index in [-0.39, 0.29) is 5.41 Å². The summed E-state index contributed by atoms with van der Waals surface area (Å²) in [5, 5.41) is 17.0. The minimum Gasteiger partial charge on any atom is -0.354 e. The highest BCUT2D eigenvalue weighted by Crippen LogP contribution is 2.26. The van der Waals surface area contributed by atoms with Crippen LogP contribution in [0.15, 0.2) is 12.1 Å². The predicted molar refractivity (Wildman–Crippen MR) is 90.8 cm³/mol. The number of rotatable bonds is 4. The van der Waals surface area contributed by atoms with E-state index in [2.05, 4.69) is 47.3 Å². The molecule has 0 bridgehead atoms. The monoisotopic (exact) mass is 314 g/mol. The second-order valence-corrected chi connectivity index (χ2v) is 8.04. The zero-order chi connectivity index (χ0) is 16.0. The highest BCUT2D eigenvalue weighted by Gasteiger charge is 2.30. The van der Waals surface area contributed by atoms with Crippen molar-refractivity contribution in [3.05, 3.63) is 18.0 Å². The lowest BCUT2D eigenvalue weighted by Crippen LogP contribution is -2.53. The van der Waals surface area contributed by atoms with Crippen molar-refractivity contribution in [2.75, 3.05) is 24.5 Å². The van der Waals surface area contributed by atoms with Crippen molar-refractivity contribution in [2.45, 2.75) is 51.5 Å². The van der Waals surface area contributed by atoms with Crippen molar-refractivity contribution in [2.24, 2.45) is 5.92 Å². The van der Waals surface area contributed by atoms with Gasteiger partial charge in [0.05, 0.1) is 0 Å². The first-order valence-corrected chi connectivity index (χ1v) is 8.72. The van der Waals surface area contributed by atoms with Crippen LogP contribution in [-0.4, -0.2) is 45.5 Å². The summed E-state index contributed by atoms with van der Waals surface area (Å²) in [6.07, 6.45) is 4.11. The van der Waals surface area contributed by atoms with Gasteiger partial charge in [0, 0.05) is 37.0 Å². The van der Waals surface area contributed by atoms with Crippen LogP contribution in [0.2, 0.25) is 0 Å². The van der Waals surface area contributed by atoms with Gasteiger partial charge in [-0.15, -0.1) is 15.3 Å². The average Bonchev–Trinajstić information content (AvgIpc) is 2.81. The van der Waals surface area contributed by atoms with Gasteiger partial charge in [-0.3, -0.25) is 0 Å². The lowest BCUT2D eigenvalue weighted by atomic mass is 9.91. The van der Waals surface area contributed by atoms with Gasteiger partial charge in [-0.2, -0.15) is 4.52 Å². The normalized spacial score (nSPS) is 19.9. The maximum absolute atomic E-state index is 4.78. The van der Waals surface area contributed by atoms with E-state index >= 15 is 0 Å². The smallest absolute Gasteiger partial charge is 0.178 e. The van der Waals surface area contributed by atoms with E-state index in [0.717, 1.165) is 48.9 Å². The zero-order valence-corrected chi connectivity index (χ0v) is 14.3. The van der Waals surface area contributed by atoms with Crippen LogP contribution in [0.5, 0.6) is 0 Å². The molecule has 2 aromatic heterocycles. The molecule has 1 aliphatic heterocycles. The van der Waals surface area contributed by atoms with Crippen molar-refractivity contribution >= 4 is 11.5 Å². The Labute approximate surface area is 137 Å². The van der Waals surface area contributed by atoms with E-state index in [1.807, 2.05) is 10.6 Å². The molecule has 124 valence electrons. The van der Waals surface area contributed by atoms with Crippen LogP contribution in [0.3, 0.4) is 0 Å². The Hall–Kier alpha value is -1.69. The Kier molecular flexibility index (Phi) is 3.52. The molecule has 2 aliphatic rings. The Morgan fingerprint density at radius 1 is 1.17 bits per heavy atom. The molecular weight excluding hydrogens is 288 g/mol. The van der Waals surface area contributed by atoms with E-state index in [1.54, 1.807) is 0 Å². The summed E-state index contributed by atoms with van der Waals surface area (Å²) in [5.74, 6) is 2.69. The number of nitrogens with one attached hydrogen (secondary N) is 1. The molecule has 0 aromatic carbocycles. The van der Waals surface area contributed by atoms with Crippen molar-refractivity contribution in [1.82, 2.24) is 25.1 Å². The summed E-state index contributed by atoms with van der Waals surface area (Å²) in [7, 11) is 0.